The highest BCUT2D eigenvalue weighted by Gasteiger charge is 2.33. The van der Waals surface area contributed by atoms with Crippen LogP contribution in [0, 0.1) is 6.92 Å². The van der Waals surface area contributed by atoms with Crippen LogP contribution in [0.3, 0.4) is 0 Å². The topological polar surface area (TPSA) is 86.8 Å². The van der Waals surface area contributed by atoms with Gasteiger partial charge in [-0.15, -0.1) is 0 Å². The van der Waals surface area contributed by atoms with Crippen LogP contribution in [0.5, 0.6) is 0 Å². The molecule has 1 fully saturated rings. The third-order valence-electron chi connectivity index (χ3n) is 3.03. The maximum Gasteiger partial charge on any atom is 0.254 e. The summed E-state index contributed by atoms with van der Waals surface area (Å²) in [6.07, 6.45) is -1.71. The highest BCUT2D eigenvalue weighted by Crippen LogP contribution is 2.18. The van der Waals surface area contributed by atoms with Crippen molar-refractivity contribution in [3.8, 4) is 0 Å². The van der Waals surface area contributed by atoms with E-state index in [1.807, 2.05) is 6.92 Å². The van der Waals surface area contributed by atoms with Crippen molar-refractivity contribution in [3.05, 3.63) is 29.3 Å². The average molecular weight is 236 g/mol. The number of hydrogen-bond donors (Lipinski definition) is 3. The van der Waals surface area contributed by atoms with E-state index in [-0.39, 0.29) is 19.0 Å². The lowest BCUT2D eigenvalue weighted by molar-refractivity contribution is 0.0572. The summed E-state index contributed by atoms with van der Waals surface area (Å²) in [5.74, 6) is -0.182. The minimum atomic E-state index is -0.854. The summed E-state index contributed by atoms with van der Waals surface area (Å²) in [4.78, 5) is 13.6. The molecular formula is C12H16N2O3. The largest absolute Gasteiger partial charge is 0.399 e. The Morgan fingerprint density at radius 1 is 1.35 bits per heavy atom. The molecule has 4 N–H and O–H groups in total. The summed E-state index contributed by atoms with van der Waals surface area (Å²) in [5, 5.41) is 18.8. The first kappa shape index (κ1) is 11.9. The number of rotatable bonds is 1. The summed E-state index contributed by atoms with van der Waals surface area (Å²) in [6.45, 7) is 2.15. The number of aliphatic hydroxyl groups is 2. The second kappa shape index (κ2) is 4.35. The third-order valence-corrected chi connectivity index (χ3v) is 3.03. The van der Waals surface area contributed by atoms with Gasteiger partial charge in [-0.3, -0.25) is 4.79 Å². The molecule has 1 aromatic carbocycles. The lowest BCUT2D eigenvalue weighted by atomic mass is 10.1. The normalized spacial score (nSPS) is 24.1. The van der Waals surface area contributed by atoms with Gasteiger partial charge in [-0.25, -0.2) is 0 Å². The van der Waals surface area contributed by atoms with Crippen molar-refractivity contribution in [1.82, 2.24) is 4.90 Å². The number of nitrogen functional groups attached to an aromatic ring is 1. The first-order valence-corrected chi connectivity index (χ1v) is 5.50. The lowest BCUT2D eigenvalue weighted by Crippen LogP contribution is -2.30. The predicted octanol–water partition coefficient (Wildman–Crippen LogP) is -0.245. The molecule has 17 heavy (non-hydrogen) atoms. The fourth-order valence-electron chi connectivity index (χ4n) is 2.03. The molecule has 1 aliphatic heterocycles. The fourth-order valence-corrected chi connectivity index (χ4v) is 2.03. The number of carbonyl (C=O) groups is 1. The molecule has 5 nitrogen and oxygen atoms in total. The van der Waals surface area contributed by atoms with Crippen LogP contribution in [-0.4, -0.2) is 46.3 Å². The van der Waals surface area contributed by atoms with Gasteiger partial charge in [0.25, 0.3) is 5.91 Å². The summed E-state index contributed by atoms with van der Waals surface area (Å²) >= 11 is 0. The molecule has 1 heterocycles. The Morgan fingerprint density at radius 3 is 2.47 bits per heavy atom. The van der Waals surface area contributed by atoms with E-state index in [9.17, 15) is 15.0 Å². The van der Waals surface area contributed by atoms with Crippen molar-refractivity contribution in [1.29, 1.82) is 0 Å². The summed E-state index contributed by atoms with van der Waals surface area (Å²) in [7, 11) is 0. The van der Waals surface area contributed by atoms with Gasteiger partial charge in [0.2, 0.25) is 0 Å². The van der Waals surface area contributed by atoms with Crippen LogP contribution in [0.2, 0.25) is 0 Å². The van der Waals surface area contributed by atoms with Crippen molar-refractivity contribution in [2.75, 3.05) is 18.8 Å². The second-order valence-corrected chi connectivity index (χ2v) is 4.42. The number of aliphatic hydroxyl groups excluding tert-OH is 2. The maximum atomic E-state index is 12.1. The number of hydrogen-bond acceptors (Lipinski definition) is 4. The Bertz CT molecular complexity index is 437. The van der Waals surface area contributed by atoms with Gasteiger partial charge in [-0.1, -0.05) is 0 Å². The molecule has 0 aromatic heterocycles. The Hall–Kier alpha value is -1.59. The van der Waals surface area contributed by atoms with Gasteiger partial charge < -0.3 is 20.8 Å². The number of amides is 1. The molecule has 0 aliphatic carbocycles. The molecule has 1 aliphatic rings. The second-order valence-electron chi connectivity index (χ2n) is 4.42. The summed E-state index contributed by atoms with van der Waals surface area (Å²) in [6, 6.07) is 5.07. The van der Waals surface area contributed by atoms with E-state index in [0.717, 1.165) is 5.56 Å². The van der Waals surface area contributed by atoms with Gasteiger partial charge in [-0.2, -0.15) is 0 Å². The van der Waals surface area contributed by atoms with Crippen LogP contribution in [-0.2, 0) is 0 Å². The number of benzene rings is 1. The summed E-state index contributed by atoms with van der Waals surface area (Å²) < 4.78 is 0. The highest BCUT2D eigenvalue weighted by atomic mass is 16.3. The first-order chi connectivity index (χ1) is 7.99. The van der Waals surface area contributed by atoms with Crippen LogP contribution >= 0.6 is 0 Å². The quantitative estimate of drug-likeness (QED) is 0.587. The molecule has 0 saturated carbocycles. The molecule has 1 amide bonds. The molecule has 5 heteroatoms. The van der Waals surface area contributed by atoms with Crippen molar-refractivity contribution in [2.24, 2.45) is 0 Å². The van der Waals surface area contributed by atoms with Gasteiger partial charge in [0.15, 0.2) is 0 Å². The van der Waals surface area contributed by atoms with Crippen LogP contribution < -0.4 is 5.73 Å². The molecule has 2 unspecified atom stereocenters. The molecule has 2 atom stereocenters. The van der Waals surface area contributed by atoms with Gasteiger partial charge in [0.05, 0.1) is 12.2 Å². The Labute approximate surface area is 99.5 Å². The van der Waals surface area contributed by atoms with Crippen molar-refractivity contribution in [2.45, 2.75) is 19.1 Å². The Kier molecular flexibility index (Phi) is 3.04. The number of anilines is 1. The minimum absolute atomic E-state index is 0.170. The zero-order chi connectivity index (χ0) is 12.6. The van der Waals surface area contributed by atoms with Crippen LogP contribution in [0.15, 0.2) is 18.2 Å². The van der Waals surface area contributed by atoms with E-state index in [2.05, 4.69) is 0 Å². The zero-order valence-electron chi connectivity index (χ0n) is 9.63. The van der Waals surface area contributed by atoms with Crippen molar-refractivity contribution < 1.29 is 15.0 Å². The number of β-amino-alcohol motifs (C(OH)–C–C–N with tert-alkyl or cyclic N) is 2. The Balaban J connectivity index is 2.20. The Morgan fingerprint density at radius 2 is 1.94 bits per heavy atom. The molecule has 0 radical (unpaired) electrons. The standard InChI is InChI=1S/C12H16N2O3/c1-7-4-8(13)2-3-9(7)12(17)14-5-10(15)11(16)6-14/h2-4,10-11,15-16H,5-6,13H2,1H3. The van der Waals surface area contributed by atoms with Crippen molar-refractivity contribution >= 4 is 11.6 Å². The predicted molar refractivity (Wildman–Crippen MR) is 63.5 cm³/mol. The first-order valence-electron chi connectivity index (χ1n) is 5.50. The van der Waals surface area contributed by atoms with E-state index in [1.165, 1.54) is 4.90 Å². The van der Waals surface area contributed by atoms with Crippen LogP contribution in [0.4, 0.5) is 5.69 Å². The van der Waals surface area contributed by atoms with E-state index in [0.29, 0.717) is 11.3 Å². The van der Waals surface area contributed by atoms with Gasteiger partial charge >= 0.3 is 0 Å². The van der Waals surface area contributed by atoms with E-state index in [4.69, 9.17) is 5.73 Å². The number of likely N-dealkylation sites (tertiary alicyclic amines) is 1. The third kappa shape index (κ3) is 2.25. The number of nitrogens with zero attached hydrogens (tertiary/aromatic N) is 1. The molecule has 1 saturated heterocycles. The highest BCUT2D eigenvalue weighted by molar-refractivity contribution is 5.96. The van der Waals surface area contributed by atoms with Crippen molar-refractivity contribution in [3.63, 3.8) is 0 Å². The average Bonchev–Trinajstić information content (AvgIpc) is 2.58. The number of nitrogens with two attached hydrogens (primary N) is 1. The summed E-state index contributed by atoms with van der Waals surface area (Å²) in [5.41, 5.74) is 7.59. The maximum absolute atomic E-state index is 12.1. The van der Waals surface area contributed by atoms with E-state index >= 15 is 0 Å². The number of carbonyl (C=O) groups excluding carboxylic acids is 1. The smallest absolute Gasteiger partial charge is 0.254 e. The molecule has 2 rings (SSSR count). The van der Waals surface area contributed by atoms with E-state index < -0.39 is 12.2 Å². The molecule has 1 aromatic rings. The fraction of sp³-hybridized carbons (Fsp3) is 0.417. The molecule has 0 spiro atoms. The lowest BCUT2D eigenvalue weighted by Gasteiger charge is -2.16. The van der Waals surface area contributed by atoms with Crippen LogP contribution in [0.25, 0.3) is 0 Å². The van der Waals surface area contributed by atoms with Gasteiger partial charge in [0.1, 0.15) is 0 Å². The van der Waals surface area contributed by atoms with Crippen LogP contribution in [0.1, 0.15) is 15.9 Å². The number of aryl methyl sites for hydroxylation is 1. The zero-order valence-corrected chi connectivity index (χ0v) is 9.63. The minimum Gasteiger partial charge on any atom is -0.399 e. The molecule has 92 valence electrons. The molecule has 0 bridgehead atoms. The van der Waals surface area contributed by atoms with Gasteiger partial charge in [-0.05, 0) is 30.7 Å². The SMILES string of the molecule is Cc1cc(N)ccc1C(=O)N1CC(O)C(O)C1. The monoisotopic (exact) mass is 236 g/mol. The van der Waals surface area contributed by atoms with Gasteiger partial charge in [0, 0.05) is 24.3 Å². The van der Waals surface area contributed by atoms with E-state index in [1.54, 1.807) is 18.2 Å². The molecular weight excluding hydrogens is 220 g/mol.